The van der Waals surface area contributed by atoms with Gasteiger partial charge >= 0.3 is 0 Å². The highest BCUT2D eigenvalue weighted by atomic mass is 16.3. The number of hydrogen-bond acceptors (Lipinski definition) is 4. The van der Waals surface area contributed by atoms with E-state index in [2.05, 4.69) is 18.7 Å². The predicted octanol–water partition coefficient (Wildman–Crippen LogP) is -0.211. The van der Waals surface area contributed by atoms with E-state index in [1.165, 1.54) is 0 Å². The van der Waals surface area contributed by atoms with Gasteiger partial charge in [0.25, 0.3) is 0 Å². The number of hydrogen-bond donors (Lipinski definition) is 3. The van der Waals surface area contributed by atoms with Crippen molar-refractivity contribution in [2.45, 2.75) is 38.9 Å². The molecule has 1 aliphatic rings. The Balaban J connectivity index is 2.46. The van der Waals surface area contributed by atoms with Crippen LogP contribution in [0.25, 0.3) is 0 Å². The van der Waals surface area contributed by atoms with Crippen LogP contribution in [0.15, 0.2) is 0 Å². The van der Waals surface area contributed by atoms with Crippen LogP contribution in [0, 0.1) is 5.41 Å². The summed E-state index contributed by atoms with van der Waals surface area (Å²) < 4.78 is 0. The fraction of sp³-hybridized carbons (Fsp3) is 1.00. The first-order chi connectivity index (χ1) is 7.00. The molecule has 3 atom stereocenters. The topological polar surface area (TPSA) is 69.7 Å². The predicted molar refractivity (Wildman–Crippen MR) is 60.5 cm³/mol. The minimum absolute atomic E-state index is 0.110. The number of rotatable bonds is 5. The number of nitrogens with zero attached hydrogens (tertiary/aromatic N) is 1. The third-order valence-electron chi connectivity index (χ3n) is 3.29. The van der Waals surface area contributed by atoms with Crippen molar-refractivity contribution in [3.63, 3.8) is 0 Å². The third kappa shape index (κ3) is 3.41. The highest BCUT2D eigenvalue weighted by Gasteiger charge is 2.33. The highest BCUT2D eigenvalue weighted by molar-refractivity contribution is 4.88. The van der Waals surface area contributed by atoms with Crippen molar-refractivity contribution in [2.75, 3.05) is 26.2 Å². The van der Waals surface area contributed by atoms with Gasteiger partial charge in [-0.3, -0.25) is 4.90 Å². The van der Waals surface area contributed by atoms with Gasteiger partial charge in [-0.2, -0.15) is 0 Å². The van der Waals surface area contributed by atoms with Crippen molar-refractivity contribution in [2.24, 2.45) is 11.1 Å². The van der Waals surface area contributed by atoms with Gasteiger partial charge in [0.05, 0.1) is 12.2 Å². The van der Waals surface area contributed by atoms with Crippen LogP contribution in [0.5, 0.6) is 0 Å². The molecule has 0 aromatic rings. The Morgan fingerprint density at radius 2 is 1.87 bits per heavy atom. The molecule has 4 N–H and O–H groups in total. The van der Waals surface area contributed by atoms with Gasteiger partial charge in [-0.05, 0) is 18.4 Å². The minimum atomic E-state index is -0.589. The first-order valence-electron chi connectivity index (χ1n) is 5.79. The Kier molecular flexibility index (Phi) is 4.52. The summed E-state index contributed by atoms with van der Waals surface area (Å²) in [6.07, 6.45) is 1.03. The van der Waals surface area contributed by atoms with E-state index in [1.54, 1.807) is 0 Å². The molecule has 0 amide bonds. The summed E-state index contributed by atoms with van der Waals surface area (Å²) in [7, 11) is 0. The number of aliphatic hydroxyl groups is 2. The van der Waals surface area contributed by atoms with Gasteiger partial charge in [-0.1, -0.05) is 20.3 Å². The summed E-state index contributed by atoms with van der Waals surface area (Å²) in [5.41, 5.74) is 5.90. The molecule has 0 bridgehead atoms. The Labute approximate surface area is 92.1 Å². The fourth-order valence-corrected chi connectivity index (χ4v) is 2.37. The number of aliphatic hydroxyl groups excluding tert-OH is 2. The zero-order valence-electron chi connectivity index (χ0n) is 9.82. The molecule has 1 saturated heterocycles. The van der Waals surface area contributed by atoms with E-state index in [9.17, 15) is 10.2 Å². The summed E-state index contributed by atoms with van der Waals surface area (Å²) >= 11 is 0. The molecule has 1 fully saturated rings. The molecular weight excluding hydrogens is 192 g/mol. The van der Waals surface area contributed by atoms with Crippen LogP contribution in [-0.4, -0.2) is 53.5 Å². The first kappa shape index (κ1) is 12.9. The van der Waals surface area contributed by atoms with Crippen molar-refractivity contribution in [3.8, 4) is 0 Å². The zero-order valence-corrected chi connectivity index (χ0v) is 9.82. The molecule has 0 spiro atoms. The average Bonchev–Trinajstić information content (AvgIpc) is 2.46. The van der Waals surface area contributed by atoms with Gasteiger partial charge in [-0.15, -0.1) is 0 Å². The Hall–Kier alpha value is -0.160. The van der Waals surface area contributed by atoms with Gasteiger partial charge in [0.15, 0.2) is 0 Å². The van der Waals surface area contributed by atoms with Gasteiger partial charge in [0.2, 0.25) is 0 Å². The molecule has 0 saturated carbocycles. The zero-order chi connectivity index (χ0) is 11.5. The fourth-order valence-electron chi connectivity index (χ4n) is 2.37. The van der Waals surface area contributed by atoms with Crippen LogP contribution in [0.1, 0.15) is 26.7 Å². The van der Waals surface area contributed by atoms with Crippen LogP contribution in [0.2, 0.25) is 0 Å². The first-order valence-corrected chi connectivity index (χ1v) is 5.79. The van der Waals surface area contributed by atoms with Gasteiger partial charge in [0.1, 0.15) is 0 Å². The average molecular weight is 216 g/mol. The lowest BCUT2D eigenvalue weighted by Crippen LogP contribution is -2.40. The molecule has 15 heavy (non-hydrogen) atoms. The molecule has 0 aliphatic carbocycles. The Morgan fingerprint density at radius 3 is 2.27 bits per heavy atom. The summed E-state index contributed by atoms with van der Waals surface area (Å²) in [5.74, 6) is 0. The van der Waals surface area contributed by atoms with E-state index >= 15 is 0 Å². The Bertz CT molecular complexity index is 191. The molecule has 1 heterocycles. The van der Waals surface area contributed by atoms with Crippen LogP contribution in [0.3, 0.4) is 0 Å². The standard InChI is InChI=1S/C11H24N2O2/c1-3-4-11(2,7-12)8-13-5-9(14)10(15)6-13/h9-10,14-15H,3-8,12H2,1-2H3. The van der Waals surface area contributed by atoms with Gasteiger partial charge in [0, 0.05) is 19.6 Å². The third-order valence-corrected chi connectivity index (χ3v) is 3.29. The smallest absolute Gasteiger partial charge is 0.0938 e. The largest absolute Gasteiger partial charge is 0.389 e. The maximum Gasteiger partial charge on any atom is 0.0938 e. The van der Waals surface area contributed by atoms with E-state index in [4.69, 9.17) is 5.73 Å². The second-order valence-electron chi connectivity index (χ2n) is 5.09. The molecule has 1 aliphatic heterocycles. The second kappa shape index (κ2) is 5.25. The lowest BCUT2D eigenvalue weighted by atomic mass is 9.85. The lowest BCUT2D eigenvalue weighted by molar-refractivity contribution is 0.0572. The van der Waals surface area contributed by atoms with Crippen molar-refractivity contribution in [1.82, 2.24) is 4.90 Å². The van der Waals surface area contributed by atoms with E-state index in [0.29, 0.717) is 19.6 Å². The summed E-state index contributed by atoms with van der Waals surface area (Å²) in [6.45, 7) is 6.99. The minimum Gasteiger partial charge on any atom is -0.389 e. The van der Waals surface area contributed by atoms with Crippen LogP contribution >= 0.6 is 0 Å². The monoisotopic (exact) mass is 216 g/mol. The van der Waals surface area contributed by atoms with Crippen molar-refractivity contribution in [3.05, 3.63) is 0 Å². The summed E-state index contributed by atoms with van der Waals surface area (Å²) in [6, 6.07) is 0. The number of β-amino-alcohol motifs (C(OH)–C–C–N with tert-alkyl or cyclic N) is 2. The maximum atomic E-state index is 9.44. The van der Waals surface area contributed by atoms with Crippen LogP contribution in [-0.2, 0) is 0 Å². The van der Waals surface area contributed by atoms with Crippen LogP contribution < -0.4 is 5.73 Å². The SMILES string of the molecule is CCCC(C)(CN)CN1CC(O)C(O)C1. The molecule has 4 heteroatoms. The molecule has 90 valence electrons. The van der Waals surface area contributed by atoms with Gasteiger partial charge < -0.3 is 15.9 Å². The molecule has 0 aromatic carbocycles. The van der Waals surface area contributed by atoms with E-state index < -0.39 is 12.2 Å². The molecule has 0 aromatic heterocycles. The normalized spacial score (nSPS) is 31.8. The van der Waals surface area contributed by atoms with Crippen molar-refractivity contribution in [1.29, 1.82) is 0 Å². The summed E-state index contributed by atoms with van der Waals surface area (Å²) in [5, 5.41) is 18.9. The van der Waals surface area contributed by atoms with Crippen LogP contribution in [0.4, 0.5) is 0 Å². The molecular formula is C11H24N2O2. The van der Waals surface area contributed by atoms with Crippen molar-refractivity contribution >= 4 is 0 Å². The Morgan fingerprint density at radius 1 is 1.33 bits per heavy atom. The molecule has 0 radical (unpaired) electrons. The van der Waals surface area contributed by atoms with Gasteiger partial charge in [-0.25, -0.2) is 0 Å². The molecule has 3 unspecified atom stereocenters. The van der Waals surface area contributed by atoms with E-state index in [-0.39, 0.29) is 5.41 Å². The molecule has 1 rings (SSSR count). The number of likely N-dealkylation sites (tertiary alicyclic amines) is 1. The highest BCUT2D eigenvalue weighted by Crippen LogP contribution is 2.25. The number of nitrogens with two attached hydrogens (primary N) is 1. The quantitative estimate of drug-likeness (QED) is 0.595. The summed E-state index contributed by atoms with van der Waals surface area (Å²) in [4.78, 5) is 2.11. The lowest BCUT2D eigenvalue weighted by Gasteiger charge is -2.32. The van der Waals surface area contributed by atoms with E-state index in [0.717, 1.165) is 19.4 Å². The maximum absolute atomic E-state index is 9.44. The second-order valence-corrected chi connectivity index (χ2v) is 5.09. The van der Waals surface area contributed by atoms with E-state index in [1.807, 2.05) is 0 Å². The van der Waals surface area contributed by atoms with Crippen molar-refractivity contribution < 1.29 is 10.2 Å². The molecule has 4 nitrogen and oxygen atoms in total.